The number of fused-ring (bicyclic) bond motifs is 1. The molecule has 3 heterocycles. The maximum absolute atomic E-state index is 10.8. The summed E-state index contributed by atoms with van der Waals surface area (Å²) < 4.78 is 0. The first-order valence-electron chi connectivity index (χ1n) is 6.33. The van der Waals surface area contributed by atoms with Crippen molar-refractivity contribution in [1.82, 2.24) is 4.90 Å². The molecule has 92 valence electrons. The number of nitrogens with zero attached hydrogens (tertiary/aromatic N) is 2. The van der Waals surface area contributed by atoms with Crippen molar-refractivity contribution in [3.05, 3.63) is 17.0 Å². The predicted octanol–water partition coefficient (Wildman–Crippen LogP) is 2.23. The van der Waals surface area contributed by atoms with Gasteiger partial charge >= 0.3 is 0 Å². The van der Waals surface area contributed by atoms with Gasteiger partial charge in [0.2, 0.25) is 0 Å². The molecule has 2 aliphatic rings. The largest absolute Gasteiger partial charge is 0.358 e. The Morgan fingerprint density at radius 2 is 2.29 bits per heavy atom. The Labute approximate surface area is 106 Å². The van der Waals surface area contributed by atoms with Gasteiger partial charge in [-0.15, -0.1) is 11.3 Å². The number of hydrogen-bond acceptors (Lipinski definition) is 4. The zero-order valence-electron chi connectivity index (χ0n) is 10.1. The molecule has 0 bridgehead atoms. The Kier molecular flexibility index (Phi) is 2.92. The van der Waals surface area contributed by atoms with Gasteiger partial charge in [0.25, 0.3) is 0 Å². The van der Waals surface area contributed by atoms with E-state index in [2.05, 4.69) is 22.8 Å². The summed E-state index contributed by atoms with van der Waals surface area (Å²) in [7, 11) is 0. The second-order valence-electron chi connectivity index (χ2n) is 5.09. The maximum atomic E-state index is 10.8. The van der Waals surface area contributed by atoms with Crippen LogP contribution >= 0.6 is 11.3 Å². The average Bonchev–Trinajstić information content (AvgIpc) is 2.94. The van der Waals surface area contributed by atoms with Crippen molar-refractivity contribution in [3.8, 4) is 0 Å². The van der Waals surface area contributed by atoms with E-state index in [-0.39, 0.29) is 0 Å². The highest BCUT2D eigenvalue weighted by Gasteiger charge is 2.34. The van der Waals surface area contributed by atoms with Gasteiger partial charge in [-0.1, -0.05) is 0 Å². The Balaban J connectivity index is 1.80. The van der Waals surface area contributed by atoms with Gasteiger partial charge in [-0.2, -0.15) is 0 Å². The topological polar surface area (TPSA) is 23.6 Å². The van der Waals surface area contributed by atoms with Crippen molar-refractivity contribution < 1.29 is 4.79 Å². The van der Waals surface area contributed by atoms with Crippen LogP contribution in [-0.4, -0.2) is 42.9 Å². The molecule has 0 N–H and O–H groups in total. The fraction of sp³-hybridized carbons (Fsp3) is 0.615. The molecule has 3 nitrogen and oxygen atoms in total. The predicted molar refractivity (Wildman–Crippen MR) is 71.1 cm³/mol. The molecule has 3 rings (SSSR count). The van der Waals surface area contributed by atoms with E-state index in [1.165, 1.54) is 30.9 Å². The van der Waals surface area contributed by atoms with Crippen LogP contribution in [0, 0.1) is 0 Å². The molecule has 0 spiro atoms. The third kappa shape index (κ3) is 2.00. The average molecular weight is 250 g/mol. The lowest BCUT2D eigenvalue weighted by Crippen LogP contribution is -2.54. The van der Waals surface area contributed by atoms with Crippen molar-refractivity contribution in [3.63, 3.8) is 0 Å². The Morgan fingerprint density at radius 1 is 1.41 bits per heavy atom. The molecule has 1 aromatic rings. The molecule has 2 fully saturated rings. The molecule has 0 amide bonds. The Bertz CT molecular complexity index is 417. The third-order valence-electron chi connectivity index (χ3n) is 3.95. The number of piperazine rings is 1. The molecule has 0 aromatic carbocycles. The van der Waals surface area contributed by atoms with Crippen LogP contribution in [0.15, 0.2) is 12.1 Å². The van der Waals surface area contributed by atoms with Crippen molar-refractivity contribution >= 4 is 22.6 Å². The molecule has 2 atom stereocenters. The summed E-state index contributed by atoms with van der Waals surface area (Å²) in [5.74, 6) is 0. The minimum atomic E-state index is 0.558. The second-order valence-corrected chi connectivity index (χ2v) is 6.18. The summed E-state index contributed by atoms with van der Waals surface area (Å²) in [6.45, 7) is 5.85. The van der Waals surface area contributed by atoms with Crippen LogP contribution in [0.3, 0.4) is 0 Å². The number of thiophene rings is 1. The number of hydrogen-bond donors (Lipinski definition) is 0. The molecule has 0 aliphatic carbocycles. The van der Waals surface area contributed by atoms with E-state index in [4.69, 9.17) is 0 Å². The van der Waals surface area contributed by atoms with E-state index >= 15 is 0 Å². The standard InChI is InChI=1S/C13H18N2OS/c1-10-7-14-6-2-3-11(14)8-15(10)13-5-4-12(9-16)17-13/h4-5,9-11H,2-3,6-8H2,1H3. The molecule has 0 saturated carbocycles. The van der Waals surface area contributed by atoms with Crippen LogP contribution in [0.4, 0.5) is 5.00 Å². The van der Waals surface area contributed by atoms with Crippen molar-refractivity contribution in [1.29, 1.82) is 0 Å². The zero-order chi connectivity index (χ0) is 11.8. The van der Waals surface area contributed by atoms with Gasteiger partial charge in [0.15, 0.2) is 6.29 Å². The SMILES string of the molecule is CC1CN2CCCC2CN1c1ccc(C=O)s1. The first kappa shape index (κ1) is 11.2. The summed E-state index contributed by atoms with van der Waals surface area (Å²) in [4.78, 5) is 16.7. The maximum Gasteiger partial charge on any atom is 0.160 e. The van der Waals surface area contributed by atoms with E-state index in [0.717, 1.165) is 23.7 Å². The van der Waals surface area contributed by atoms with Gasteiger partial charge in [-0.25, -0.2) is 0 Å². The quantitative estimate of drug-likeness (QED) is 0.752. The fourth-order valence-corrected chi connectivity index (χ4v) is 3.99. The van der Waals surface area contributed by atoms with Gasteiger partial charge in [0.1, 0.15) is 0 Å². The summed E-state index contributed by atoms with van der Waals surface area (Å²) in [6, 6.07) is 5.31. The first-order chi connectivity index (χ1) is 8.28. The molecule has 2 aliphatic heterocycles. The van der Waals surface area contributed by atoms with E-state index in [0.29, 0.717) is 6.04 Å². The lowest BCUT2D eigenvalue weighted by Gasteiger charge is -2.42. The smallest absolute Gasteiger partial charge is 0.160 e. The molecular formula is C13H18N2OS. The molecule has 4 heteroatoms. The van der Waals surface area contributed by atoms with Crippen molar-refractivity contribution in [2.24, 2.45) is 0 Å². The number of carbonyl (C=O) groups excluding carboxylic acids is 1. The molecule has 2 saturated heterocycles. The monoisotopic (exact) mass is 250 g/mol. The van der Waals surface area contributed by atoms with E-state index in [9.17, 15) is 4.79 Å². The molecule has 2 unspecified atom stereocenters. The summed E-state index contributed by atoms with van der Waals surface area (Å²) in [5.41, 5.74) is 0. The lowest BCUT2D eigenvalue weighted by molar-refractivity contribution is 0.112. The van der Waals surface area contributed by atoms with Crippen LogP contribution < -0.4 is 4.90 Å². The Morgan fingerprint density at radius 3 is 3.06 bits per heavy atom. The van der Waals surface area contributed by atoms with E-state index in [1.807, 2.05) is 6.07 Å². The summed E-state index contributed by atoms with van der Waals surface area (Å²) >= 11 is 1.62. The zero-order valence-corrected chi connectivity index (χ0v) is 10.9. The highest BCUT2D eigenvalue weighted by molar-refractivity contribution is 7.17. The molecular weight excluding hydrogens is 232 g/mol. The van der Waals surface area contributed by atoms with Crippen LogP contribution in [0.25, 0.3) is 0 Å². The minimum absolute atomic E-state index is 0.558. The summed E-state index contributed by atoms with van der Waals surface area (Å²) in [5, 5.41) is 1.26. The number of aldehydes is 1. The Hall–Kier alpha value is -0.870. The first-order valence-corrected chi connectivity index (χ1v) is 7.15. The third-order valence-corrected chi connectivity index (χ3v) is 5.00. The molecule has 0 radical (unpaired) electrons. The normalized spacial score (nSPS) is 29.4. The van der Waals surface area contributed by atoms with Gasteiger partial charge in [-0.05, 0) is 38.4 Å². The second kappa shape index (κ2) is 4.42. The van der Waals surface area contributed by atoms with Gasteiger partial charge in [0, 0.05) is 25.2 Å². The van der Waals surface area contributed by atoms with Crippen LogP contribution in [0.2, 0.25) is 0 Å². The summed E-state index contributed by atoms with van der Waals surface area (Å²) in [6.07, 6.45) is 3.62. The van der Waals surface area contributed by atoms with Gasteiger partial charge in [0.05, 0.1) is 9.88 Å². The number of carbonyl (C=O) groups is 1. The van der Waals surface area contributed by atoms with Gasteiger partial charge in [-0.3, -0.25) is 9.69 Å². The van der Waals surface area contributed by atoms with Crippen LogP contribution in [0.1, 0.15) is 29.4 Å². The van der Waals surface area contributed by atoms with Crippen molar-refractivity contribution in [2.45, 2.75) is 31.8 Å². The van der Waals surface area contributed by atoms with E-state index < -0.39 is 0 Å². The van der Waals surface area contributed by atoms with Crippen molar-refractivity contribution in [2.75, 3.05) is 24.5 Å². The molecule has 1 aromatic heterocycles. The number of anilines is 1. The van der Waals surface area contributed by atoms with Crippen LogP contribution in [-0.2, 0) is 0 Å². The highest BCUT2D eigenvalue weighted by atomic mass is 32.1. The lowest BCUT2D eigenvalue weighted by atomic mass is 10.1. The highest BCUT2D eigenvalue weighted by Crippen LogP contribution is 2.32. The fourth-order valence-electron chi connectivity index (χ4n) is 3.05. The van der Waals surface area contributed by atoms with Gasteiger partial charge < -0.3 is 4.90 Å². The minimum Gasteiger partial charge on any atom is -0.358 e. The molecule has 17 heavy (non-hydrogen) atoms. The van der Waals surface area contributed by atoms with E-state index in [1.54, 1.807) is 11.3 Å². The van der Waals surface area contributed by atoms with Crippen LogP contribution in [0.5, 0.6) is 0 Å². The number of rotatable bonds is 2.